The first-order valence-electron chi connectivity index (χ1n) is 11.7. The quantitative estimate of drug-likeness (QED) is 0.600. The second-order valence-electron chi connectivity index (χ2n) is 8.90. The van der Waals surface area contributed by atoms with Crippen molar-refractivity contribution in [2.45, 2.75) is 32.9 Å². The molecule has 0 saturated carbocycles. The number of benzene rings is 2. The third-order valence-electron chi connectivity index (χ3n) is 7.12. The number of H-pyrrole nitrogens is 1. The highest BCUT2D eigenvalue weighted by molar-refractivity contribution is 5.99. The van der Waals surface area contributed by atoms with Crippen LogP contribution in [0.5, 0.6) is 5.75 Å². The van der Waals surface area contributed by atoms with E-state index in [9.17, 15) is 9.18 Å². The number of amides is 1. The summed E-state index contributed by atoms with van der Waals surface area (Å²) >= 11 is 0. The van der Waals surface area contributed by atoms with Crippen molar-refractivity contribution in [3.8, 4) is 5.75 Å². The van der Waals surface area contributed by atoms with Crippen LogP contribution in [0.3, 0.4) is 0 Å². The summed E-state index contributed by atoms with van der Waals surface area (Å²) in [5.74, 6) is -0.164. The van der Waals surface area contributed by atoms with Crippen LogP contribution in [-0.2, 0) is 17.8 Å². The van der Waals surface area contributed by atoms with E-state index < -0.39 is 0 Å². The molecule has 2 atom stereocenters. The van der Waals surface area contributed by atoms with E-state index in [0.717, 1.165) is 17.5 Å². The fourth-order valence-electron chi connectivity index (χ4n) is 5.46. The van der Waals surface area contributed by atoms with Gasteiger partial charge < -0.3 is 14.6 Å². The maximum absolute atomic E-state index is 14.0. The molecule has 33 heavy (non-hydrogen) atoms. The van der Waals surface area contributed by atoms with Crippen LogP contribution in [0.25, 0.3) is 16.5 Å². The molecule has 0 bridgehead atoms. The lowest BCUT2D eigenvalue weighted by molar-refractivity contribution is -0.134. The maximum atomic E-state index is 14.0. The minimum absolute atomic E-state index is 0.163. The predicted octanol–water partition coefficient (Wildman–Crippen LogP) is 4.62. The Kier molecular flexibility index (Phi) is 5.71. The van der Waals surface area contributed by atoms with Gasteiger partial charge in [-0.15, -0.1) is 0 Å². The largest absolute Gasteiger partial charge is 0.494 e. The molecule has 1 N–H and O–H groups in total. The van der Waals surface area contributed by atoms with E-state index in [-0.39, 0.29) is 29.4 Å². The SMILES string of the molecule is CCN(CC)C(=O)[C@@H]1C=C2c3cccc4[nH]cc(c34)C[C@H]2N(Cc2ccc(F)c(OC)c2)C1. The molecule has 0 spiro atoms. The second kappa shape index (κ2) is 8.67. The van der Waals surface area contributed by atoms with Crippen molar-refractivity contribution in [1.82, 2.24) is 14.8 Å². The third kappa shape index (κ3) is 3.72. The Morgan fingerprint density at radius 3 is 2.82 bits per heavy atom. The molecule has 2 aliphatic rings. The lowest BCUT2D eigenvalue weighted by Crippen LogP contribution is -2.48. The molecule has 2 heterocycles. The van der Waals surface area contributed by atoms with Gasteiger partial charge in [0.25, 0.3) is 0 Å². The monoisotopic (exact) mass is 447 g/mol. The minimum atomic E-state index is -0.364. The normalized spacial score (nSPS) is 19.8. The highest BCUT2D eigenvalue weighted by Gasteiger charge is 2.38. The molecule has 172 valence electrons. The van der Waals surface area contributed by atoms with Gasteiger partial charge in [0, 0.05) is 49.3 Å². The zero-order valence-electron chi connectivity index (χ0n) is 19.4. The third-order valence-corrected chi connectivity index (χ3v) is 7.12. The van der Waals surface area contributed by atoms with Gasteiger partial charge in [-0.05, 0) is 60.7 Å². The van der Waals surface area contributed by atoms with E-state index >= 15 is 0 Å². The Morgan fingerprint density at radius 2 is 2.06 bits per heavy atom. The number of nitrogens with one attached hydrogen (secondary N) is 1. The number of nitrogens with zero attached hydrogens (tertiary/aromatic N) is 2. The molecular weight excluding hydrogens is 417 g/mol. The van der Waals surface area contributed by atoms with Crippen LogP contribution in [0.15, 0.2) is 48.7 Å². The van der Waals surface area contributed by atoms with E-state index in [2.05, 4.69) is 40.4 Å². The standard InChI is InChI=1S/C27H30FN3O2/c1-4-30(5-2)27(32)19-12-21-20-7-6-8-23-26(20)18(14-29-23)13-24(21)31(16-19)15-17-9-10-22(28)25(11-17)33-3/h6-12,14,19,24,29H,4-5,13,15-16H2,1-3H3/t19-,24-/m1/s1. The first-order chi connectivity index (χ1) is 16.0. The topological polar surface area (TPSA) is 48.6 Å². The first kappa shape index (κ1) is 21.7. The molecular formula is C27H30FN3O2. The summed E-state index contributed by atoms with van der Waals surface area (Å²) in [6.45, 7) is 6.71. The molecule has 3 aromatic rings. The number of carbonyl (C=O) groups excluding carboxylic acids is 1. The highest BCUT2D eigenvalue weighted by atomic mass is 19.1. The van der Waals surface area contributed by atoms with Crippen molar-refractivity contribution >= 4 is 22.4 Å². The number of fused-ring (bicyclic) bond motifs is 2. The molecule has 5 nitrogen and oxygen atoms in total. The smallest absolute Gasteiger partial charge is 0.230 e. The number of rotatable bonds is 6. The van der Waals surface area contributed by atoms with Gasteiger partial charge in [-0.25, -0.2) is 4.39 Å². The molecule has 2 aromatic carbocycles. The van der Waals surface area contributed by atoms with Gasteiger partial charge in [0.15, 0.2) is 11.6 Å². The number of hydrogen-bond acceptors (Lipinski definition) is 3. The average Bonchev–Trinajstić information content (AvgIpc) is 3.25. The van der Waals surface area contributed by atoms with Gasteiger partial charge >= 0.3 is 0 Å². The van der Waals surface area contributed by atoms with Gasteiger partial charge in [-0.3, -0.25) is 9.69 Å². The first-order valence-corrected chi connectivity index (χ1v) is 11.7. The molecule has 0 saturated heterocycles. The van der Waals surface area contributed by atoms with E-state index in [4.69, 9.17) is 4.74 Å². The molecule has 1 aromatic heterocycles. The minimum Gasteiger partial charge on any atom is -0.494 e. The van der Waals surface area contributed by atoms with Crippen molar-refractivity contribution in [3.05, 3.63) is 71.2 Å². The molecule has 1 amide bonds. The summed E-state index contributed by atoms with van der Waals surface area (Å²) in [5.41, 5.74) is 5.84. The fourth-order valence-corrected chi connectivity index (χ4v) is 5.46. The maximum Gasteiger partial charge on any atom is 0.230 e. The van der Waals surface area contributed by atoms with Gasteiger partial charge in [-0.1, -0.05) is 24.3 Å². The van der Waals surface area contributed by atoms with Crippen LogP contribution in [0, 0.1) is 11.7 Å². The molecule has 0 fully saturated rings. The number of aromatic amines is 1. The van der Waals surface area contributed by atoms with Crippen LogP contribution >= 0.6 is 0 Å². The average molecular weight is 448 g/mol. The van der Waals surface area contributed by atoms with Crippen molar-refractivity contribution in [1.29, 1.82) is 0 Å². The molecule has 0 unspecified atom stereocenters. The number of carbonyl (C=O) groups is 1. The van der Waals surface area contributed by atoms with Gasteiger partial charge in [-0.2, -0.15) is 0 Å². The number of aromatic nitrogens is 1. The Balaban J connectivity index is 1.56. The zero-order chi connectivity index (χ0) is 23.1. The van der Waals surface area contributed by atoms with Crippen molar-refractivity contribution in [2.24, 2.45) is 5.92 Å². The molecule has 6 heteroatoms. The van der Waals surface area contributed by atoms with Gasteiger partial charge in [0.05, 0.1) is 13.0 Å². The van der Waals surface area contributed by atoms with Crippen molar-refractivity contribution in [3.63, 3.8) is 0 Å². The summed E-state index contributed by atoms with van der Waals surface area (Å²) in [6, 6.07) is 11.5. The summed E-state index contributed by atoms with van der Waals surface area (Å²) in [4.78, 5) is 21.1. The predicted molar refractivity (Wildman–Crippen MR) is 129 cm³/mol. The molecule has 0 radical (unpaired) electrons. The second-order valence-corrected chi connectivity index (χ2v) is 8.90. The number of halogens is 1. The lowest BCUT2D eigenvalue weighted by Gasteiger charge is -2.42. The van der Waals surface area contributed by atoms with E-state index in [1.165, 1.54) is 35.3 Å². The zero-order valence-corrected chi connectivity index (χ0v) is 19.4. The van der Waals surface area contributed by atoms with Crippen LogP contribution < -0.4 is 4.74 Å². The van der Waals surface area contributed by atoms with E-state index in [0.29, 0.717) is 26.2 Å². The Bertz CT molecular complexity index is 1230. The lowest BCUT2D eigenvalue weighted by atomic mass is 9.79. The summed E-state index contributed by atoms with van der Waals surface area (Å²) in [5, 5.41) is 1.26. The number of ether oxygens (including phenoxy) is 1. The number of hydrogen-bond donors (Lipinski definition) is 1. The van der Waals surface area contributed by atoms with Crippen LogP contribution in [-0.4, -0.2) is 53.5 Å². The van der Waals surface area contributed by atoms with Crippen molar-refractivity contribution in [2.75, 3.05) is 26.7 Å². The van der Waals surface area contributed by atoms with E-state index in [1.54, 1.807) is 6.07 Å². The van der Waals surface area contributed by atoms with Crippen LogP contribution in [0.2, 0.25) is 0 Å². The van der Waals surface area contributed by atoms with Crippen LogP contribution in [0.1, 0.15) is 30.5 Å². The Labute approximate surface area is 193 Å². The summed E-state index contributed by atoms with van der Waals surface area (Å²) in [7, 11) is 1.48. The molecule has 1 aliphatic heterocycles. The summed E-state index contributed by atoms with van der Waals surface area (Å²) in [6.07, 6.45) is 5.20. The van der Waals surface area contributed by atoms with Crippen LogP contribution in [0.4, 0.5) is 4.39 Å². The fraction of sp³-hybridized carbons (Fsp3) is 0.370. The van der Waals surface area contributed by atoms with Gasteiger partial charge in [0.2, 0.25) is 5.91 Å². The van der Waals surface area contributed by atoms with Gasteiger partial charge in [0.1, 0.15) is 0 Å². The molecule has 1 aliphatic carbocycles. The van der Waals surface area contributed by atoms with E-state index in [1.807, 2.05) is 24.8 Å². The Morgan fingerprint density at radius 1 is 1.24 bits per heavy atom. The number of methoxy groups -OCH3 is 1. The Hall–Kier alpha value is -3.12. The molecule has 5 rings (SSSR count). The highest BCUT2D eigenvalue weighted by Crippen LogP contribution is 2.42. The van der Waals surface area contributed by atoms with Crippen molar-refractivity contribution < 1.29 is 13.9 Å². The summed E-state index contributed by atoms with van der Waals surface area (Å²) < 4.78 is 19.2.